The van der Waals surface area contributed by atoms with Crippen LogP contribution in [0.2, 0.25) is 0 Å². The van der Waals surface area contributed by atoms with Crippen molar-refractivity contribution >= 4 is 5.78 Å². The molecule has 0 amide bonds. The zero-order valence-corrected chi connectivity index (χ0v) is 6.88. The van der Waals surface area contributed by atoms with Crippen LogP contribution in [0.5, 0.6) is 0 Å². The van der Waals surface area contributed by atoms with Gasteiger partial charge in [0.05, 0.1) is 0 Å². The van der Waals surface area contributed by atoms with Crippen LogP contribution in [0.25, 0.3) is 0 Å². The van der Waals surface area contributed by atoms with Crippen molar-refractivity contribution in [3.63, 3.8) is 0 Å². The molecule has 0 aromatic rings. The fraction of sp³-hybridized carbons (Fsp3) is 0.800. The summed E-state index contributed by atoms with van der Waals surface area (Å²) in [5.41, 5.74) is 0. The van der Waals surface area contributed by atoms with Crippen LogP contribution >= 0.6 is 0 Å². The molecule has 0 aromatic carbocycles. The molecule has 2 fully saturated rings. The molecule has 3 atom stereocenters. The number of carbonyl (C=O) groups excluding carboxylic acids is 1. The molecule has 1 unspecified atom stereocenters. The van der Waals surface area contributed by atoms with Crippen LogP contribution in [0, 0.1) is 24.7 Å². The van der Waals surface area contributed by atoms with E-state index in [1.807, 2.05) is 0 Å². The molecule has 2 saturated carbocycles. The van der Waals surface area contributed by atoms with Gasteiger partial charge in [0.15, 0.2) is 0 Å². The van der Waals surface area contributed by atoms with E-state index in [2.05, 4.69) is 6.92 Å². The second kappa shape index (κ2) is 2.62. The molecule has 61 valence electrons. The van der Waals surface area contributed by atoms with Crippen LogP contribution in [0.15, 0.2) is 0 Å². The summed E-state index contributed by atoms with van der Waals surface area (Å²) in [6, 6.07) is 0. The first-order valence-corrected chi connectivity index (χ1v) is 4.62. The summed E-state index contributed by atoms with van der Waals surface area (Å²) in [4.78, 5) is 11.1. The van der Waals surface area contributed by atoms with Gasteiger partial charge in [-0.2, -0.15) is 0 Å². The lowest BCUT2D eigenvalue weighted by molar-refractivity contribution is -0.122. The van der Waals surface area contributed by atoms with Crippen molar-refractivity contribution in [2.24, 2.45) is 17.8 Å². The van der Waals surface area contributed by atoms with Crippen molar-refractivity contribution in [1.29, 1.82) is 0 Å². The topological polar surface area (TPSA) is 17.1 Å². The highest BCUT2D eigenvalue weighted by molar-refractivity contribution is 5.79. The molecule has 1 radical (unpaired) electrons. The maximum atomic E-state index is 11.1. The summed E-state index contributed by atoms with van der Waals surface area (Å²) in [6.45, 7) is 4.10. The Morgan fingerprint density at radius 1 is 1.27 bits per heavy atom. The third kappa shape index (κ3) is 1.21. The van der Waals surface area contributed by atoms with E-state index in [4.69, 9.17) is 0 Å². The molecule has 0 saturated heterocycles. The molecule has 1 nitrogen and oxygen atoms in total. The summed E-state index contributed by atoms with van der Waals surface area (Å²) >= 11 is 0. The number of rotatable bonds is 0. The lowest BCUT2D eigenvalue weighted by Crippen LogP contribution is -2.23. The standard InChI is InChI=1S/C10H15O/c1-7-2-3-8-4-5-9(11)6-10(7)8/h7-8,10H,1-6H2/t7?,8-,10+/m0/s1. The fourth-order valence-electron chi connectivity index (χ4n) is 2.64. The monoisotopic (exact) mass is 151 g/mol. The van der Waals surface area contributed by atoms with Crippen molar-refractivity contribution in [2.75, 3.05) is 0 Å². The molecule has 0 N–H and O–H groups in total. The number of hydrogen-bond donors (Lipinski definition) is 0. The Bertz CT molecular complexity index is 174. The zero-order valence-electron chi connectivity index (χ0n) is 6.88. The molecular formula is C10H15O. The van der Waals surface area contributed by atoms with Gasteiger partial charge in [0, 0.05) is 12.8 Å². The van der Waals surface area contributed by atoms with E-state index in [-0.39, 0.29) is 0 Å². The minimum Gasteiger partial charge on any atom is -0.300 e. The van der Waals surface area contributed by atoms with Gasteiger partial charge in [0.25, 0.3) is 0 Å². The third-order valence-corrected chi connectivity index (χ3v) is 3.38. The summed E-state index contributed by atoms with van der Waals surface area (Å²) in [6.07, 6.45) is 5.40. The SMILES string of the molecule is [CH2]C1CC[C@H]2CCC(=O)C[C@H]12. The average molecular weight is 151 g/mol. The van der Waals surface area contributed by atoms with Crippen LogP contribution in [0.3, 0.4) is 0 Å². The highest BCUT2D eigenvalue weighted by Crippen LogP contribution is 2.44. The lowest BCUT2D eigenvalue weighted by Gasteiger charge is -2.26. The molecule has 0 bridgehead atoms. The molecule has 2 aliphatic rings. The average Bonchev–Trinajstić information content (AvgIpc) is 2.33. The van der Waals surface area contributed by atoms with Gasteiger partial charge < -0.3 is 0 Å². The van der Waals surface area contributed by atoms with E-state index in [1.165, 1.54) is 12.8 Å². The van der Waals surface area contributed by atoms with Crippen LogP contribution in [-0.4, -0.2) is 5.78 Å². The molecular weight excluding hydrogens is 136 g/mol. The van der Waals surface area contributed by atoms with Gasteiger partial charge in [-0.1, -0.05) is 0 Å². The first kappa shape index (κ1) is 7.33. The molecule has 0 heterocycles. The van der Waals surface area contributed by atoms with E-state index >= 15 is 0 Å². The Balaban J connectivity index is 2.07. The van der Waals surface area contributed by atoms with E-state index in [1.54, 1.807) is 0 Å². The van der Waals surface area contributed by atoms with Crippen molar-refractivity contribution in [1.82, 2.24) is 0 Å². The minimum absolute atomic E-state index is 0.474. The van der Waals surface area contributed by atoms with Crippen LogP contribution in [0.1, 0.15) is 32.1 Å². The van der Waals surface area contributed by atoms with Crippen LogP contribution < -0.4 is 0 Å². The van der Waals surface area contributed by atoms with Crippen molar-refractivity contribution in [3.05, 3.63) is 6.92 Å². The number of ketones is 1. The largest absolute Gasteiger partial charge is 0.300 e. The van der Waals surface area contributed by atoms with Gasteiger partial charge >= 0.3 is 0 Å². The predicted molar refractivity (Wildman–Crippen MR) is 43.9 cm³/mol. The number of Topliss-reactive ketones (excluding diaryl/α,β-unsaturated/α-hetero) is 1. The summed E-state index contributed by atoms with van der Waals surface area (Å²) in [7, 11) is 0. The summed E-state index contributed by atoms with van der Waals surface area (Å²) in [5.74, 6) is 2.54. The second-order valence-electron chi connectivity index (χ2n) is 4.04. The quantitative estimate of drug-likeness (QED) is 0.519. The summed E-state index contributed by atoms with van der Waals surface area (Å²) < 4.78 is 0. The maximum absolute atomic E-state index is 11.1. The first-order chi connectivity index (χ1) is 5.27. The number of fused-ring (bicyclic) bond motifs is 1. The van der Waals surface area contributed by atoms with Gasteiger partial charge in [-0.25, -0.2) is 0 Å². The summed E-state index contributed by atoms with van der Waals surface area (Å²) in [5, 5.41) is 0. The molecule has 1 heteroatoms. The Labute approximate surface area is 68.2 Å². The van der Waals surface area contributed by atoms with Gasteiger partial charge in [-0.05, 0) is 43.9 Å². The zero-order chi connectivity index (χ0) is 7.84. The molecule has 2 aliphatic carbocycles. The van der Waals surface area contributed by atoms with E-state index in [9.17, 15) is 4.79 Å². The highest BCUT2D eigenvalue weighted by atomic mass is 16.1. The molecule has 11 heavy (non-hydrogen) atoms. The Morgan fingerprint density at radius 2 is 2.09 bits per heavy atom. The van der Waals surface area contributed by atoms with Crippen LogP contribution in [0.4, 0.5) is 0 Å². The van der Waals surface area contributed by atoms with Crippen molar-refractivity contribution in [3.8, 4) is 0 Å². The maximum Gasteiger partial charge on any atom is 0.133 e. The van der Waals surface area contributed by atoms with Crippen molar-refractivity contribution < 1.29 is 4.79 Å². The van der Waals surface area contributed by atoms with Crippen molar-refractivity contribution in [2.45, 2.75) is 32.1 Å². The van der Waals surface area contributed by atoms with E-state index in [0.717, 1.165) is 25.2 Å². The van der Waals surface area contributed by atoms with E-state index < -0.39 is 0 Å². The lowest BCUT2D eigenvalue weighted by atomic mass is 9.78. The van der Waals surface area contributed by atoms with Gasteiger partial charge in [-0.3, -0.25) is 4.79 Å². The fourth-order valence-corrected chi connectivity index (χ4v) is 2.64. The van der Waals surface area contributed by atoms with Crippen LogP contribution in [-0.2, 0) is 4.79 Å². The third-order valence-electron chi connectivity index (χ3n) is 3.38. The molecule has 0 aliphatic heterocycles. The molecule has 2 rings (SSSR count). The predicted octanol–water partition coefficient (Wildman–Crippen LogP) is 2.22. The smallest absolute Gasteiger partial charge is 0.133 e. The molecule has 0 spiro atoms. The van der Waals surface area contributed by atoms with Gasteiger partial charge in [0.2, 0.25) is 0 Å². The first-order valence-electron chi connectivity index (χ1n) is 4.62. The van der Waals surface area contributed by atoms with Gasteiger partial charge in [-0.15, -0.1) is 0 Å². The second-order valence-corrected chi connectivity index (χ2v) is 4.04. The molecule has 0 aromatic heterocycles. The van der Waals surface area contributed by atoms with E-state index in [0.29, 0.717) is 17.6 Å². The number of carbonyl (C=O) groups is 1. The normalized spacial score (nSPS) is 44.1. The Kier molecular flexibility index (Phi) is 1.74. The Morgan fingerprint density at radius 3 is 2.91 bits per heavy atom. The number of hydrogen-bond acceptors (Lipinski definition) is 1. The van der Waals surface area contributed by atoms with Gasteiger partial charge in [0.1, 0.15) is 5.78 Å². The highest BCUT2D eigenvalue weighted by Gasteiger charge is 2.37. The minimum atomic E-state index is 0.474. The Hall–Kier alpha value is -0.330.